The molecule has 4 nitrogen and oxygen atoms in total. The van der Waals surface area contributed by atoms with Gasteiger partial charge in [-0.15, -0.1) is 11.6 Å². The van der Waals surface area contributed by atoms with E-state index in [4.69, 9.17) is 28.4 Å². The zero-order valence-electron chi connectivity index (χ0n) is 8.72. The van der Waals surface area contributed by atoms with Gasteiger partial charge in [0.1, 0.15) is 5.71 Å². The highest BCUT2D eigenvalue weighted by Crippen LogP contribution is 2.21. The van der Waals surface area contributed by atoms with Gasteiger partial charge in [-0.05, 0) is 18.2 Å². The van der Waals surface area contributed by atoms with E-state index in [1.807, 2.05) is 0 Å². The summed E-state index contributed by atoms with van der Waals surface area (Å²) in [6.45, 7) is 0. The minimum Gasteiger partial charge on any atom is -0.411 e. The van der Waals surface area contributed by atoms with Crippen LogP contribution in [0.25, 0.3) is 5.69 Å². The van der Waals surface area contributed by atoms with E-state index in [0.717, 1.165) is 5.69 Å². The Balaban J connectivity index is 2.60. The zero-order chi connectivity index (χ0) is 12.3. The van der Waals surface area contributed by atoms with Crippen molar-refractivity contribution in [2.45, 2.75) is 0 Å². The van der Waals surface area contributed by atoms with Crippen LogP contribution in [0, 0.1) is 0 Å². The lowest BCUT2D eigenvalue weighted by Crippen LogP contribution is -2.08. The number of benzene rings is 1. The van der Waals surface area contributed by atoms with Gasteiger partial charge in [-0.1, -0.05) is 16.8 Å². The Labute approximate surface area is 108 Å². The van der Waals surface area contributed by atoms with Crippen molar-refractivity contribution in [1.29, 1.82) is 0 Å². The molecule has 0 aliphatic rings. The molecule has 6 heteroatoms. The summed E-state index contributed by atoms with van der Waals surface area (Å²) >= 11 is 11.7. The number of alkyl halides is 1. The van der Waals surface area contributed by atoms with Crippen LogP contribution in [-0.4, -0.2) is 26.4 Å². The van der Waals surface area contributed by atoms with Gasteiger partial charge in [-0.3, -0.25) is 0 Å². The molecule has 0 bridgehead atoms. The first-order valence-corrected chi connectivity index (χ1v) is 5.72. The molecule has 0 radical (unpaired) electrons. The summed E-state index contributed by atoms with van der Waals surface area (Å²) < 4.78 is 1.78. The van der Waals surface area contributed by atoms with E-state index >= 15 is 0 Å². The number of hydrogen-bond donors (Lipinski definition) is 1. The topological polar surface area (TPSA) is 50.4 Å². The lowest BCUT2D eigenvalue weighted by atomic mass is 10.1. The molecule has 2 rings (SSSR count). The fraction of sp³-hybridized carbons (Fsp3) is 0.0909. The molecule has 0 fully saturated rings. The summed E-state index contributed by atoms with van der Waals surface area (Å²) in [5.74, 6) is 0.111. The number of aromatic nitrogens is 2. The van der Waals surface area contributed by atoms with Crippen LogP contribution in [-0.2, 0) is 0 Å². The molecular formula is C11H9Cl2N3O. The van der Waals surface area contributed by atoms with Crippen LogP contribution in [0.15, 0.2) is 42.1 Å². The minimum atomic E-state index is 0.111. The van der Waals surface area contributed by atoms with Gasteiger partial charge in [-0.2, -0.15) is 0 Å². The zero-order valence-corrected chi connectivity index (χ0v) is 10.2. The monoisotopic (exact) mass is 269 g/mol. The summed E-state index contributed by atoms with van der Waals surface area (Å²) in [4.78, 5) is 3.96. The van der Waals surface area contributed by atoms with Crippen molar-refractivity contribution in [3.05, 3.63) is 47.5 Å². The second-order valence-corrected chi connectivity index (χ2v) is 4.02. The molecule has 17 heavy (non-hydrogen) atoms. The second kappa shape index (κ2) is 5.21. The smallest absolute Gasteiger partial charge is 0.104 e. The number of imidazole rings is 1. The highest BCUT2D eigenvalue weighted by molar-refractivity contribution is 6.33. The van der Waals surface area contributed by atoms with Crippen molar-refractivity contribution < 1.29 is 5.21 Å². The maximum atomic E-state index is 8.92. The van der Waals surface area contributed by atoms with Gasteiger partial charge in [0, 0.05) is 23.0 Å². The first kappa shape index (κ1) is 12.0. The molecule has 0 aliphatic heterocycles. The van der Waals surface area contributed by atoms with E-state index in [2.05, 4.69) is 10.1 Å². The Morgan fingerprint density at radius 3 is 2.88 bits per heavy atom. The molecule has 0 aliphatic carbocycles. The Hall–Kier alpha value is -1.52. The average molecular weight is 270 g/mol. The van der Waals surface area contributed by atoms with E-state index in [1.54, 1.807) is 41.5 Å². The third-order valence-electron chi connectivity index (χ3n) is 2.30. The normalized spacial score (nSPS) is 11.8. The third kappa shape index (κ3) is 2.43. The van der Waals surface area contributed by atoms with Crippen molar-refractivity contribution in [2.24, 2.45) is 5.16 Å². The Kier molecular flexibility index (Phi) is 3.66. The molecule has 2 aromatic rings. The lowest BCUT2D eigenvalue weighted by Gasteiger charge is -2.10. The molecule has 0 spiro atoms. The molecule has 0 atom stereocenters. The SMILES string of the molecule is O/N=C(\CCl)c1ccc(Cl)cc1-n1ccnc1. The fourth-order valence-corrected chi connectivity index (χ4v) is 1.88. The summed E-state index contributed by atoms with van der Waals surface area (Å²) in [7, 11) is 0. The van der Waals surface area contributed by atoms with Crippen LogP contribution >= 0.6 is 23.2 Å². The molecule has 0 saturated carbocycles. The van der Waals surface area contributed by atoms with Gasteiger partial charge >= 0.3 is 0 Å². The largest absolute Gasteiger partial charge is 0.411 e. The van der Waals surface area contributed by atoms with E-state index in [1.165, 1.54) is 0 Å². The van der Waals surface area contributed by atoms with Gasteiger partial charge in [-0.25, -0.2) is 4.98 Å². The van der Waals surface area contributed by atoms with E-state index in [-0.39, 0.29) is 5.88 Å². The van der Waals surface area contributed by atoms with Crippen LogP contribution in [0.1, 0.15) is 5.56 Å². The Bertz CT molecular complexity index is 538. The van der Waals surface area contributed by atoms with Crippen molar-refractivity contribution in [3.8, 4) is 5.69 Å². The molecule has 0 unspecified atom stereocenters. The number of halogens is 2. The number of nitrogens with zero attached hydrogens (tertiary/aromatic N) is 3. The molecule has 88 valence electrons. The van der Waals surface area contributed by atoms with E-state index < -0.39 is 0 Å². The van der Waals surface area contributed by atoms with Crippen molar-refractivity contribution in [1.82, 2.24) is 9.55 Å². The first-order chi connectivity index (χ1) is 8.26. The van der Waals surface area contributed by atoms with E-state index in [0.29, 0.717) is 16.3 Å². The van der Waals surface area contributed by atoms with Crippen LogP contribution in [0.5, 0.6) is 0 Å². The van der Waals surface area contributed by atoms with Crippen LogP contribution in [0.3, 0.4) is 0 Å². The fourth-order valence-electron chi connectivity index (χ4n) is 1.52. The quantitative estimate of drug-likeness (QED) is 0.403. The standard InChI is InChI=1S/C11H9Cl2N3O/c12-6-10(15-17)9-2-1-8(13)5-11(9)16-4-3-14-7-16/h1-5,7,17H,6H2/b15-10+. The molecule has 1 heterocycles. The highest BCUT2D eigenvalue weighted by Gasteiger charge is 2.11. The Morgan fingerprint density at radius 1 is 1.47 bits per heavy atom. The molecule has 0 saturated heterocycles. The molecule has 0 amide bonds. The Morgan fingerprint density at radius 2 is 2.29 bits per heavy atom. The number of oxime groups is 1. The maximum absolute atomic E-state index is 8.92. The predicted molar refractivity (Wildman–Crippen MR) is 67.6 cm³/mol. The summed E-state index contributed by atoms with van der Waals surface area (Å²) in [6, 6.07) is 5.24. The van der Waals surface area contributed by atoms with Gasteiger partial charge < -0.3 is 9.77 Å². The van der Waals surface area contributed by atoms with Gasteiger partial charge in [0.25, 0.3) is 0 Å². The lowest BCUT2D eigenvalue weighted by molar-refractivity contribution is 0.319. The minimum absolute atomic E-state index is 0.111. The van der Waals surface area contributed by atoms with Gasteiger partial charge in [0.2, 0.25) is 0 Å². The van der Waals surface area contributed by atoms with Crippen molar-refractivity contribution >= 4 is 28.9 Å². The second-order valence-electron chi connectivity index (χ2n) is 3.31. The average Bonchev–Trinajstić information content (AvgIpc) is 2.86. The van der Waals surface area contributed by atoms with Crippen LogP contribution in [0.4, 0.5) is 0 Å². The van der Waals surface area contributed by atoms with Gasteiger partial charge in [0.05, 0.1) is 17.9 Å². The summed E-state index contributed by atoms with van der Waals surface area (Å²) in [6.07, 6.45) is 5.07. The highest BCUT2D eigenvalue weighted by atomic mass is 35.5. The molecule has 1 N–H and O–H groups in total. The van der Waals surface area contributed by atoms with Crippen molar-refractivity contribution in [3.63, 3.8) is 0 Å². The molecule has 1 aromatic carbocycles. The van der Waals surface area contributed by atoms with E-state index in [9.17, 15) is 0 Å². The van der Waals surface area contributed by atoms with Crippen molar-refractivity contribution in [2.75, 3.05) is 5.88 Å². The van der Waals surface area contributed by atoms with Crippen LogP contribution < -0.4 is 0 Å². The number of hydrogen-bond acceptors (Lipinski definition) is 3. The molecular weight excluding hydrogens is 261 g/mol. The maximum Gasteiger partial charge on any atom is 0.104 e. The van der Waals surface area contributed by atoms with Gasteiger partial charge in [0.15, 0.2) is 0 Å². The number of rotatable bonds is 3. The molecule has 1 aromatic heterocycles. The summed E-state index contributed by atoms with van der Waals surface area (Å²) in [5, 5.41) is 12.7. The summed E-state index contributed by atoms with van der Waals surface area (Å²) in [5.41, 5.74) is 1.86. The predicted octanol–water partition coefficient (Wildman–Crippen LogP) is 2.94. The third-order valence-corrected chi connectivity index (χ3v) is 2.79. The first-order valence-electron chi connectivity index (χ1n) is 4.81. The van der Waals surface area contributed by atoms with Crippen LogP contribution in [0.2, 0.25) is 5.02 Å².